The molecule has 0 saturated carbocycles. The Labute approximate surface area is 75.5 Å². The van der Waals surface area contributed by atoms with Crippen molar-refractivity contribution in [3.8, 4) is 5.75 Å². The second-order valence-electron chi connectivity index (χ2n) is 3.86. The van der Waals surface area contributed by atoms with Gasteiger partial charge in [-0.2, -0.15) is 0 Å². The normalized spacial score (nSPS) is 11.3. The van der Waals surface area contributed by atoms with Crippen LogP contribution in [0.25, 0.3) is 0 Å². The highest BCUT2D eigenvalue weighted by molar-refractivity contribution is 6.70. The lowest BCUT2D eigenvalue weighted by atomic mass is 10.2. The third kappa shape index (κ3) is 3.09. The predicted molar refractivity (Wildman–Crippen MR) is 54.9 cm³/mol. The van der Waals surface area contributed by atoms with E-state index in [4.69, 9.17) is 4.43 Å². The van der Waals surface area contributed by atoms with Gasteiger partial charge in [0.05, 0.1) is 0 Å². The van der Waals surface area contributed by atoms with Crippen LogP contribution in [0.15, 0.2) is 24.3 Å². The van der Waals surface area contributed by atoms with Crippen molar-refractivity contribution >= 4 is 8.32 Å². The summed E-state index contributed by atoms with van der Waals surface area (Å²) in [5.74, 6) is 0.960. The van der Waals surface area contributed by atoms with Crippen LogP contribution in [0.1, 0.15) is 5.56 Å². The van der Waals surface area contributed by atoms with E-state index in [1.165, 1.54) is 0 Å². The Morgan fingerprint density at radius 1 is 1.08 bits per heavy atom. The SMILES string of the molecule is [CH2]c1ccc(O[Si](C)(C)C)cc1. The monoisotopic (exact) mass is 179 g/mol. The van der Waals surface area contributed by atoms with Gasteiger partial charge >= 0.3 is 0 Å². The highest BCUT2D eigenvalue weighted by Crippen LogP contribution is 2.16. The Kier molecular flexibility index (Phi) is 2.57. The zero-order valence-corrected chi connectivity index (χ0v) is 8.92. The van der Waals surface area contributed by atoms with Gasteiger partial charge in [-0.25, -0.2) is 0 Å². The Morgan fingerprint density at radius 3 is 2.00 bits per heavy atom. The zero-order valence-electron chi connectivity index (χ0n) is 7.92. The second kappa shape index (κ2) is 3.31. The summed E-state index contributed by atoms with van der Waals surface area (Å²) in [5, 5.41) is 0. The van der Waals surface area contributed by atoms with Gasteiger partial charge in [-0.15, -0.1) is 0 Å². The van der Waals surface area contributed by atoms with Crippen LogP contribution in [0.5, 0.6) is 5.75 Å². The quantitative estimate of drug-likeness (QED) is 0.634. The number of benzene rings is 1. The van der Waals surface area contributed by atoms with E-state index in [9.17, 15) is 0 Å². The van der Waals surface area contributed by atoms with Gasteiger partial charge in [0.15, 0.2) is 0 Å². The molecule has 1 radical (unpaired) electrons. The first-order valence-electron chi connectivity index (χ1n) is 4.08. The summed E-state index contributed by atoms with van der Waals surface area (Å²) in [4.78, 5) is 0. The molecule has 0 aliphatic carbocycles. The first kappa shape index (κ1) is 9.33. The van der Waals surface area contributed by atoms with Crippen LogP contribution in [0, 0.1) is 6.92 Å². The molecule has 12 heavy (non-hydrogen) atoms. The molecule has 0 saturated heterocycles. The highest BCUT2D eigenvalue weighted by atomic mass is 28.4. The smallest absolute Gasteiger partial charge is 0.242 e. The van der Waals surface area contributed by atoms with Gasteiger partial charge in [-0.05, 0) is 44.3 Å². The molecule has 0 bridgehead atoms. The van der Waals surface area contributed by atoms with Crippen molar-refractivity contribution in [1.29, 1.82) is 0 Å². The zero-order chi connectivity index (χ0) is 9.19. The Bertz CT molecular complexity index is 246. The number of hydrogen-bond acceptors (Lipinski definition) is 1. The standard InChI is InChI=1S/C10H15OSi/c1-9-5-7-10(8-6-9)11-12(2,3)4/h5-8H,1H2,2-4H3. The average molecular weight is 179 g/mol. The topological polar surface area (TPSA) is 9.23 Å². The molecule has 0 aliphatic heterocycles. The molecule has 0 atom stereocenters. The maximum atomic E-state index is 5.77. The van der Waals surface area contributed by atoms with Crippen molar-refractivity contribution in [3.63, 3.8) is 0 Å². The van der Waals surface area contributed by atoms with Crippen LogP contribution in [0.2, 0.25) is 19.6 Å². The second-order valence-corrected chi connectivity index (χ2v) is 8.29. The van der Waals surface area contributed by atoms with Gasteiger partial charge in [0.25, 0.3) is 0 Å². The molecule has 1 rings (SSSR count). The minimum atomic E-state index is -1.44. The van der Waals surface area contributed by atoms with Crippen molar-refractivity contribution in [1.82, 2.24) is 0 Å². The van der Waals surface area contributed by atoms with E-state index < -0.39 is 8.32 Å². The Hall–Kier alpha value is -0.763. The first-order chi connectivity index (χ1) is 5.47. The van der Waals surface area contributed by atoms with Crippen LogP contribution < -0.4 is 4.43 Å². The van der Waals surface area contributed by atoms with Crippen LogP contribution in [-0.2, 0) is 0 Å². The molecule has 1 aromatic rings. The van der Waals surface area contributed by atoms with Gasteiger partial charge in [0, 0.05) is 0 Å². The molecule has 1 aromatic carbocycles. The summed E-state index contributed by atoms with van der Waals surface area (Å²) in [7, 11) is -1.44. The molecule has 0 spiro atoms. The van der Waals surface area contributed by atoms with Gasteiger partial charge < -0.3 is 4.43 Å². The van der Waals surface area contributed by atoms with E-state index in [1.54, 1.807) is 0 Å². The molecule has 0 aromatic heterocycles. The molecule has 0 unspecified atom stereocenters. The molecule has 65 valence electrons. The molecule has 1 nitrogen and oxygen atoms in total. The van der Waals surface area contributed by atoms with E-state index in [0.717, 1.165) is 11.3 Å². The summed E-state index contributed by atoms with van der Waals surface area (Å²) in [5.41, 5.74) is 1.03. The van der Waals surface area contributed by atoms with Crippen molar-refractivity contribution in [3.05, 3.63) is 36.8 Å². The average Bonchev–Trinajstić information content (AvgIpc) is 1.91. The molecular formula is C10H15OSi. The largest absolute Gasteiger partial charge is 0.544 e. The summed E-state index contributed by atoms with van der Waals surface area (Å²) in [6, 6.07) is 7.88. The van der Waals surface area contributed by atoms with Crippen molar-refractivity contribution < 1.29 is 4.43 Å². The van der Waals surface area contributed by atoms with Crippen LogP contribution in [-0.4, -0.2) is 8.32 Å². The van der Waals surface area contributed by atoms with Crippen LogP contribution >= 0.6 is 0 Å². The summed E-state index contributed by atoms with van der Waals surface area (Å²) < 4.78 is 5.77. The van der Waals surface area contributed by atoms with Gasteiger partial charge in [0.1, 0.15) is 5.75 Å². The molecule has 0 fully saturated rings. The number of hydrogen-bond donors (Lipinski definition) is 0. The third-order valence-electron chi connectivity index (χ3n) is 1.35. The summed E-state index contributed by atoms with van der Waals surface area (Å²) >= 11 is 0. The highest BCUT2D eigenvalue weighted by Gasteiger charge is 2.15. The van der Waals surface area contributed by atoms with Gasteiger partial charge in [-0.3, -0.25) is 0 Å². The molecule has 0 N–H and O–H groups in total. The fourth-order valence-corrected chi connectivity index (χ4v) is 1.75. The molecule has 2 heteroatoms. The van der Waals surface area contributed by atoms with Crippen LogP contribution in [0.3, 0.4) is 0 Å². The fraction of sp³-hybridized carbons (Fsp3) is 0.300. The number of rotatable bonds is 2. The molecule has 0 aliphatic rings. The summed E-state index contributed by atoms with van der Waals surface area (Å²) in [6.07, 6.45) is 0. The van der Waals surface area contributed by atoms with E-state index in [2.05, 4.69) is 26.6 Å². The van der Waals surface area contributed by atoms with E-state index in [1.807, 2.05) is 24.3 Å². The lowest BCUT2D eigenvalue weighted by Gasteiger charge is -2.18. The fourth-order valence-electron chi connectivity index (χ4n) is 0.911. The minimum absolute atomic E-state index is 0.960. The minimum Gasteiger partial charge on any atom is -0.544 e. The van der Waals surface area contributed by atoms with Crippen molar-refractivity contribution in [2.75, 3.05) is 0 Å². The van der Waals surface area contributed by atoms with E-state index in [0.29, 0.717) is 0 Å². The Morgan fingerprint density at radius 2 is 1.58 bits per heavy atom. The molecular weight excluding hydrogens is 164 g/mol. The predicted octanol–water partition coefficient (Wildman–Crippen LogP) is 3.08. The van der Waals surface area contributed by atoms with E-state index >= 15 is 0 Å². The summed E-state index contributed by atoms with van der Waals surface area (Å²) in [6.45, 7) is 10.3. The first-order valence-corrected chi connectivity index (χ1v) is 7.49. The Balaban J connectivity index is 2.71. The van der Waals surface area contributed by atoms with Crippen LogP contribution in [0.4, 0.5) is 0 Å². The van der Waals surface area contributed by atoms with Crippen molar-refractivity contribution in [2.24, 2.45) is 0 Å². The maximum absolute atomic E-state index is 5.77. The molecule has 0 heterocycles. The van der Waals surface area contributed by atoms with E-state index in [-0.39, 0.29) is 0 Å². The maximum Gasteiger partial charge on any atom is 0.242 e. The molecule has 0 amide bonds. The third-order valence-corrected chi connectivity index (χ3v) is 2.20. The lowest BCUT2D eigenvalue weighted by molar-refractivity contribution is 0.557. The van der Waals surface area contributed by atoms with Crippen molar-refractivity contribution in [2.45, 2.75) is 19.6 Å². The van der Waals surface area contributed by atoms with Gasteiger partial charge in [0.2, 0.25) is 8.32 Å². The van der Waals surface area contributed by atoms with Gasteiger partial charge in [-0.1, -0.05) is 12.1 Å². The lowest BCUT2D eigenvalue weighted by Crippen LogP contribution is -2.29.